The Hall–Kier alpha value is -0.370. The van der Waals surface area contributed by atoms with Gasteiger partial charge in [-0.25, -0.2) is 0 Å². The molecule has 0 bridgehead atoms. The second-order valence-electron chi connectivity index (χ2n) is 7.71. The Kier molecular flexibility index (Phi) is 2.16. The van der Waals surface area contributed by atoms with Gasteiger partial charge in [-0.3, -0.25) is 4.79 Å². The Labute approximate surface area is 109 Å². The molecule has 0 aromatic carbocycles. The lowest BCUT2D eigenvalue weighted by Gasteiger charge is -2.44. The van der Waals surface area contributed by atoms with Gasteiger partial charge in [0, 0.05) is 12.3 Å². The number of Topliss-reactive ketones (excluding diaryl/α,β-unsaturated/α-hetero) is 1. The zero-order chi connectivity index (χ0) is 12.5. The Morgan fingerprint density at radius 2 is 2.00 bits per heavy atom. The van der Waals surface area contributed by atoms with Gasteiger partial charge in [0.15, 0.2) is 0 Å². The highest BCUT2D eigenvalue weighted by molar-refractivity contribution is 5.85. The molecule has 2 heteroatoms. The quantitative estimate of drug-likeness (QED) is 0.715. The number of carbonyl (C=O) groups excluding carboxylic acids is 1. The van der Waals surface area contributed by atoms with E-state index >= 15 is 0 Å². The standard InChI is InChI=1S/C16H24O2/c1-15-7-2-3-11(15)10-4-5-12-14(17)6-8-16(12,18)13(10)9-15/h10-13,18H,2-9H2,1H3. The van der Waals surface area contributed by atoms with Crippen LogP contribution in [-0.4, -0.2) is 16.5 Å². The summed E-state index contributed by atoms with van der Waals surface area (Å²) in [5, 5.41) is 11.1. The molecule has 4 saturated carbocycles. The molecule has 0 radical (unpaired) electrons. The predicted molar refractivity (Wildman–Crippen MR) is 69.0 cm³/mol. The lowest BCUT2D eigenvalue weighted by Crippen LogP contribution is -2.49. The van der Waals surface area contributed by atoms with Crippen LogP contribution in [0.15, 0.2) is 0 Å². The predicted octanol–water partition coefficient (Wildman–Crippen LogP) is 2.93. The molecule has 0 spiro atoms. The van der Waals surface area contributed by atoms with Crippen molar-refractivity contribution in [1.82, 2.24) is 0 Å². The first kappa shape index (κ1) is 11.5. The number of aliphatic hydroxyl groups is 1. The van der Waals surface area contributed by atoms with E-state index in [0.29, 0.717) is 29.5 Å². The van der Waals surface area contributed by atoms with Crippen molar-refractivity contribution < 1.29 is 9.90 Å². The van der Waals surface area contributed by atoms with Crippen LogP contribution >= 0.6 is 0 Å². The van der Waals surface area contributed by atoms with Gasteiger partial charge in [-0.15, -0.1) is 0 Å². The molecule has 4 rings (SSSR count). The summed E-state index contributed by atoms with van der Waals surface area (Å²) in [4.78, 5) is 12.0. The number of ketones is 1. The van der Waals surface area contributed by atoms with Gasteiger partial charge in [-0.05, 0) is 61.7 Å². The molecule has 6 atom stereocenters. The maximum Gasteiger partial charge on any atom is 0.138 e. The van der Waals surface area contributed by atoms with E-state index in [2.05, 4.69) is 6.92 Å². The molecule has 6 unspecified atom stereocenters. The summed E-state index contributed by atoms with van der Waals surface area (Å²) in [6.45, 7) is 2.44. The van der Waals surface area contributed by atoms with Crippen molar-refractivity contribution in [3.05, 3.63) is 0 Å². The first-order valence-electron chi connectivity index (χ1n) is 7.80. The minimum absolute atomic E-state index is 0.0128. The molecule has 0 heterocycles. The average molecular weight is 248 g/mol. The maximum absolute atomic E-state index is 12.0. The van der Waals surface area contributed by atoms with Gasteiger partial charge in [0.05, 0.1) is 5.60 Å². The molecule has 4 fully saturated rings. The summed E-state index contributed by atoms with van der Waals surface area (Å²) in [5.74, 6) is 2.31. The monoisotopic (exact) mass is 248 g/mol. The third-order valence-electron chi connectivity index (χ3n) is 7.07. The van der Waals surface area contributed by atoms with Crippen LogP contribution in [0, 0.1) is 29.1 Å². The van der Waals surface area contributed by atoms with Crippen LogP contribution in [-0.2, 0) is 4.79 Å². The van der Waals surface area contributed by atoms with E-state index in [1.54, 1.807) is 0 Å². The van der Waals surface area contributed by atoms with Gasteiger partial charge in [-0.1, -0.05) is 13.3 Å². The van der Waals surface area contributed by atoms with Crippen LogP contribution < -0.4 is 0 Å². The number of rotatable bonds is 0. The molecule has 0 aromatic rings. The highest BCUT2D eigenvalue weighted by Gasteiger charge is 2.64. The van der Waals surface area contributed by atoms with Gasteiger partial charge in [0.1, 0.15) is 5.78 Å². The van der Waals surface area contributed by atoms with Gasteiger partial charge in [0.2, 0.25) is 0 Å². The van der Waals surface area contributed by atoms with Crippen molar-refractivity contribution >= 4 is 5.78 Å². The summed E-state index contributed by atoms with van der Waals surface area (Å²) in [6.07, 6.45) is 8.82. The molecular weight excluding hydrogens is 224 g/mol. The van der Waals surface area contributed by atoms with Gasteiger partial charge in [-0.2, -0.15) is 0 Å². The van der Waals surface area contributed by atoms with E-state index < -0.39 is 5.60 Å². The van der Waals surface area contributed by atoms with Crippen LogP contribution in [0.25, 0.3) is 0 Å². The van der Waals surface area contributed by atoms with Crippen molar-refractivity contribution in [2.75, 3.05) is 0 Å². The number of fused-ring (bicyclic) bond motifs is 5. The summed E-state index contributed by atoms with van der Waals surface area (Å²) < 4.78 is 0. The van der Waals surface area contributed by atoms with Gasteiger partial charge >= 0.3 is 0 Å². The molecule has 100 valence electrons. The fraction of sp³-hybridized carbons (Fsp3) is 0.938. The molecule has 4 aliphatic rings. The lowest BCUT2D eigenvalue weighted by atomic mass is 9.64. The number of hydrogen-bond donors (Lipinski definition) is 1. The van der Waals surface area contributed by atoms with Crippen LogP contribution in [0.3, 0.4) is 0 Å². The minimum atomic E-state index is -0.618. The van der Waals surface area contributed by atoms with Crippen molar-refractivity contribution in [1.29, 1.82) is 0 Å². The lowest BCUT2D eigenvalue weighted by molar-refractivity contribution is -0.135. The second-order valence-corrected chi connectivity index (χ2v) is 7.71. The molecule has 0 aliphatic heterocycles. The summed E-state index contributed by atoms with van der Waals surface area (Å²) in [6, 6.07) is 0. The van der Waals surface area contributed by atoms with Crippen molar-refractivity contribution in [3.63, 3.8) is 0 Å². The number of carbonyl (C=O) groups is 1. The van der Waals surface area contributed by atoms with E-state index in [1.807, 2.05) is 0 Å². The molecule has 2 nitrogen and oxygen atoms in total. The van der Waals surface area contributed by atoms with E-state index in [-0.39, 0.29) is 5.92 Å². The first-order valence-corrected chi connectivity index (χ1v) is 7.80. The average Bonchev–Trinajstić information content (AvgIpc) is 2.91. The van der Waals surface area contributed by atoms with Crippen LogP contribution in [0.1, 0.15) is 58.3 Å². The van der Waals surface area contributed by atoms with Gasteiger partial charge < -0.3 is 5.11 Å². The molecule has 4 aliphatic carbocycles. The third-order valence-corrected chi connectivity index (χ3v) is 7.07. The third kappa shape index (κ3) is 1.21. The van der Waals surface area contributed by atoms with Crippen LogP contribution in [0.5, 0.6) is 0 Å². The van der Waals surface area contributed by atoms with E-state index in [1.165, 1.54) is 32.1 Å². The molecule has 18 heavy (non-hydrogen) atoms. The van der Waals surface area contributed by atoms with Crippen molar-refractivity contribution in [2.24, 2.45) is 29.1 Å². The van der Waals surface area contributed by atoms with E-state index in [4.69, 9.17) is 0 Å². The summed E-state index contributed by atoms with van der Waals surface area (Å²) in [5.41, 5.74) is -0.140. The molecule has 0 aromatic heterocycles. The zero-order valence-corrected chi connectivity index (χ0v) is 11.3. The molecule has 0 amide bonds. The fourth-order valence-corrected chi connectivity index (χ4v) is 6.29. The number of hydrogen-bond acceptors (Lipinski definition) is 2. The maximum atomic E-state index is 12.0. The summed E-state index contributed by atoms with van der Waals surface area (Å²) >= 11 is 0. The van der Waals surface area contributed by atoms with Crippen LogP contribution in [0.4, 0.5) is 0 Å². The van der Waals surface area contributed by atoms with E-state index in [9.17, 15) is 9.90 Å². The Bertz CT molecular complexity index is 404. The smallest absolute Gasteiger partial charge is 0.138 e. The molecule has 0 saturated heterocycles. The normalized spacial score (nSPS) is 58.4. The van der Waals surface area contributed by atoms with E-state index in [0.717, 1.165) is 18.8 Å². The first-order chi connectivity index (χ1) is 8.55. The Balaban J connectivity index is 1.71. The topological polar surface area (TPSA) is 37.3 Å². The fourth-order valence-electron chi connectivity index (χ4n) is 6.29. The zero-order valence-electron chi connectivity index (χ0n) is 11.3. The molecule has 1 N–H and O–H groups in total. The van der Waals surface area contributed by atoms with Gasteiger partial charge in [0.25, 0.3) is 0 Å². The largest absolute Gasteiger partial charge is 0.389 e. The molecular formula is C16H24O2. The summed E-state index contributed by atoms with van der Waals surface area (Å²) in [7, 11) is 0. The van der Waals surface area contributed by atoms with Crippen molar-refractivity contribution in [2.45, 2.75) is 63.9 Å². The highest BCUT2D eigenvalue weighted by atomic mass is 16.3. The van der Waals surface area contributed by atoms with Crippen LogP contribution in [0.2, 0.25) is 0 Å². The Morgan fingerprint density at radius 1 is 1.17 bits per heavy atom. The Morgan fingerprint density at radius 3 is 2.83 bits per heavy atom. The SMILES string of the molecule is CC12CCCC1C1CCC3C(=O)CCC3(O)C1C2. The minimum Gasteiger partial charge on any atom is -0.389 e. The highest BCUT2D eigenvalue weighted by Crippen LogP contribution is 2.66. The van der Waals surface area contributed by atoms with Crippen molar-refractivity contribution in [3.8, 4) is 0 Å². The second kappa shape index (κ2) is 3.39.